The first-order valence-electron chi connectivity index (χ1n) is 8.04. The lowest BCUT2D eigenvalue weighted by molar-refractivity contribution is -0.136. The molecule has 0 spiro atoms. The molecule has 25 heavy (non-hydrogen) atoms. The third-order valence-corrected chi connectivity index (χ3v) is 5.37. The number of carboxylic acid groups (broad SMARTS) is 1. The number of hydrogen-bond donors (Lipinski definition) is 2. The molecule has 1 heterocycles. The molecule has 0 unspecified atom stereocenters. The van der Waals surface area contributed by atoms with Crippen LogP contribution in [-0.4, -0.2) is 26.0 Å². The van der Waals surface area contributed by atoms with Crippen molar-refractivity contribution in [1.82, 2.24) is 0 Å². The summed E-state index contributed by atoms with van der Waals surface area (Å²) in [5.41, 5.74) is 3.49. The summed E-state index contributed by atoms with van der Waals surface area (Å²) in [7, 11) is -3.79. The molecule has 0 saturated carbocycles. The molecule has 3 N–H and O–H groups in total. The Hall–Kier alpha value is -2.38. The molecular weight excluding hydrogens is 340 g/mol. The Labute approximate surface area is 146 Å². The van der Waals surface area contributed by atoms with Gasteiger partial charge in [-0.1, -0.05) is 30.3 Å². The normalized spacial score (nSPS) is 14.2. The molecule has 0 saturated heterocycles. The van der Waals surface area contributed by atoms with Gasteiger partial charge in [-0.15, -0.1) is 0 Å². The third-order valence-electron chi connectivity index (χ3n) is 4.36. The number of benzene rings is 2. The molecular formula is C18H20N2O4S. The van der Waals surface area contributed by atoms with Crippen molar-refractivity contribution in [3.05, 3.63) is 59.2 Å². The minimum absolute atomic E-state index is 0.0329. The SMILES string of the molecule is NS(=O)(=O)c1ccccc1CN1CCCc2ccc(CC(=O)O)cc21. The molecule has 1 aliphatic heterocycles. The predicted octanol–water partition coefficient (Wildman–Crippen LogP) is 1.91. The number of carbonyl (C=O) groups is 1. The summed E-state index contributed by atoms with van der Waals surface area (Å²) in [6.45, 7) is 1.19. The van der Waals surface area contributed by atoms with Crippen LogP contribution in [0, 0.1) is 0 Å². The van der Waals surface area contributed by atoms with Crippen molar-refractivity contribution >= 4 is 21.7 Å². The number of nitrogens with two attached hydrogens (primary N) is 1. The zero-order chi connectivity index (χ0) is 18.0. The first kappa shape index (κ1) is 17.4. The first-order chi connectivity index (χ1) is 11.8. The summed E-state index contributed by atoms with van der Waals surface area (Å²) in [6.07, 6.45) is 1.85. The van der Waals surface area contributed by atoms with Crippen LogP contribution in [0.15, 0.2) is 47.4 Å². The summed E-state index contributed by atoms with van der Waals surface area (Å²) >= 11 is 0. The van der Waals surface area contributed by atoms with Crippen molar-refractivity contribution in [3.8, 4) is 0 Å². The maximum Gasteiger partial charge on any atom is 0.307 e. The Morgan fingerprint density at radius 3 is 2.68 bits per heavy atom. The molecule has 6 nitrogen and oxygen atoms in total. The molecule has 2 aromatic carbocycles. The van der Waals surface area contributed by atoms with Crippen LogP contribution in [0.1, 0.15) is 23.1 Å². The average molecular weight is 360 g/mol. The van der Waals surface area contributed by atoms with Crippen LogP contribution in [-0.2, 0) is 34.2 Å². The van der Waals surface area contributed by atoms with Crippen molar-refractivity contribution in [2.45, 2.75) is 30.7 Å². The molecule has 0 bridgehead atoms. The maximum atomic E-state index is 11.8. The van der Waals surface area contributed by atoms with E-state index in [-0.39, 0.29) is 11.3 Å². The van der Waals surface area contributed by atoms with Crippen molar-refractivity contribution in [2.24, 2.45) is 5.14 Å². The van der Waals surface area contributed by atoms with E-state index in [0.29, 0.717) is 12.1 Å². The quantitative estimate of drug-likeness (QED) is 0.848. The van der Waals surface area contributed by atoms with Crippen LogP contribution in [0.2, 0.25) is 0 Å². The highest BCUT2D eigenvalue weighted by Crippen LogP contribution is 2.30. The predicted molar refractivity (Wildman–Crippen MR) is 95.0 cm³/mol. The Balaban J connectivity index is 1.95. The van der Waals surface area contributed by atoms with Gasteiger partial charge in [0.25, 0.3) is 0 Å². The monoisotopic (exact) mass is 360 g/mol. The highest BCUT2D eigenvalue weighted by Gasteiger charge is 2.21. The zero-order valence-electron chi connectivity index (χ0n) is 13.7. The van der Waals surface area contributed by atoms with Gasteiger partial charge in [0.1, 0.15) is 0 Å². The van der Waals surface area contributed by atoms with Crippen LogP contribution in [0.4, 0.5) is 5.69 Å². The molecule has 0 amide bonds. The lowest BCUT2D eigenvalue weighted by Gasteiger charge is -2.32. The van der Waals surface area contributed by atoms with Gasteiger partial charge in [0, 0.05) is 18.8 Å². The van der Waals surface area contributed by atoms with E-state index in [1.54, 1.807) is 18.2 Å². The largest absolute Gasteiger partial charge is 0.481 e. The standard InChI is InChI=1S/C18H20N2O4S/c19-25(23,24)17-6-2-1-4-15(17)12-20-9-3-5-14-8-7-13(10-16(14)20)11-18(21)22/h1-2,4,6-8,10H,3,5,9,11-12H2,(H,21,22)(H2,19,23,24). The van der Waals surface area contributed by atoms with E-state index >= 15 is 0 Å². The second-order valence-electron chi connectivity index (χ2n) is 6.21. The summed E-state index contributed by atoms with van der Waals surface area (Å²) < 4.78 is 23.6. The van der Waals surface area contributed by atoms with Gasteiger partial charge < -0.3 is 10.0 Å². The van der Waals surface area contributed by atoms with Crippen LogP contribution in [0.3, 0.4) is 0 Å². The molecule has 7 heteroatoms. The second-order valence-corrected chi connectivity index (χ2v) is 7.74. The van der Waals surface area contributed by atoms with E-state index in [1.165, 1.54) is 6.07 Å². The lowest BCUT2D eigenvalue weighted by atomic mass is 9.98. The summed E-state index contributed by atoms with van der Waals surface area (Å²) in [4.78, 5) is 13.2. The Morgan fingerprint density at radius 1 is 1.20 bits per heavy atom. The number of hydrogen-bond acceptors (Lipinski definition) is 4. The number of aryl methyl sites for hydroxylation is 1. The molecule has 1 aliphatic rings. The minimum atomic E-state index is -3.79. The average Bonchev–Trinajstić information content (AvgIpc) is 2.54. The highest BCUT2D eigenvalue weighted by molar-refractivity contribution is 7.89. The third kappa shape index (κ3) is 4.00. The molecule has 0 fully saturated rings. The zero-order valence-corrected chi connectivity index (χ0v) is 14.5. The molecule has 0 aliphatic carbocycles. The van der Waals surface area contributed by atoms with Crippen LogP contribution < -0.4 is 10.0 Å². The van der Waals surface area contributed by atoms with Crippen LogP contribution in [0.5, 0.6) is 0 Å². The van der Waals surface area contributed by atoms with Gasteiger partial charge in [-0.2, -0.15) is 0 Å². The number of nitrogens with zero attached hydrogens (tertiary/aromatic N) is 1. The fourth-order valence-electron chi connectivity index (χ4n) is 3.26. The molecule has 0 aromatic heterocycles. The fraction of sp³-hybridized carbons (Fsp3) is 0.278. The number of aliphatic carboxylic acids is 1. The fourth-order valence-corrected chi connectivity index (χ4v) is 4.03. The van der Waals surface area contributed by atoms with Gasteiger partial charge in [-0.25, -0.2) is 13.6 Å². The highest BCUT2D eigenvalue weighted by atomic mass is 32.2. The summed E-state index contributed by atoms with van der Waals surface area (Å²) in [5, 5.41) is 14.3. The summed E-state index contributed by atoms with van der Waals surface area (Å²) in [5.74, 6) is -0.873. The van der Waals surface area contributed by atoms with E-state index in [1.807, 2.05) is 18.2 Å². The Kier molecular flexibility index (Phi) is 4.78. The van der Waals surface area contributed by atoms with Crippen molar-refractivity contribution in [3.63, 3.8) is 0 Å². The first-order valence-corrected chi connectivity index (χ1v) is 9.58. The van der Waals surface area contributed by atoms with E-state index in [2.05, 4.69) is 4.90 Å². The van der Waals surface area contributed by atoms with Gasteiger partial charge in [0.15, 0.2) is 0 Å². The Bertz CT molecular complexity index is 909. The molecule has 2 aromatic rings. The van der Waals surface area contributed by atoms with Gasteiger partial charge >= 0.3 is 5.97 Å². The van der Waals surface area contributed by atoms with E-state index < -0.39 is 16.0 Å². The van der Waals surface area contributed by atoms with Crippen LogP contribution in [0.25, 0.3) is 0 Å². The number of carboxylic acids is 1. The Morgan fingerprint density at radius 2 is 1.96 bits per heavy atom. The molecule has 132 valence electrons. The van der Waals surface area contributed by atoms with Gasteiger partial charge in [0.05, 0.1) is 11.3 Å². The smallest absolute Gasteiger partial charge is 0.307 e. The number of rotatable bonds is 5. The molecule has 0 atom stereocenters. The maximum absolute atomic E-state index is 11.8. The second kappa shape index (κ2) is 6.85. The summed E-state index contributed by atoms with van der Waals surface area (Å²) in [6, 6.07) is 12.4. The van der Waals surface area contributed by atoms with Crippen molar-refractivity contribution in [2.75, 3.05) is 11.4 Å². The van der Waals surface area contributed by atoms with Gasteiger partial charge in [0.2, 0.25) is 10.0 Å². The number of anilines is 1. The minimum Gasteiger partial charge on any atom is -0.481 e. The number of sulfonamides is 1. The van der Waals surface area contributed by atoms with Gasteiger partial charge in [-0.3, -0.25) is 4.79 Å². The van der Waals surface area contributed by atoms with E-state index in [0.717, 1.165) is 36.2 Å². The van der Waals surface area contributed by atoms with Crippen LogP contribution >= 0.6 is 0 Å². The van der Waals surface area contributed by atoms with Crippen molar-refractivity contribution in [1.29, 1.82) is 0 Å². The topological polar surface area (TPSA) is 101 Å². The van der Waals surface area contributed by atoms with E-state index in [9.17, 15) is 13.2 Å². The lowest BCUT2D eigenvalue weighted by Crippen LogP contribution is -2.30. The molecule has 3 rings (SSSR count). The molecule has 0 radical (unpaired) electrons. The van der Waals surface area contributed by atoms with Crippen molar-refractivity contribution < 1.29 is 18.3 Å². The van der Waals surface area contributed by atoms with Gasteiger partial charge in [-0.05, 0) is 41.7 Å². The number of fused-ring (bicyclic) bond motifs is 1. The number of primary sulfonamides is 1. The van der Waals surface area contributed by atoms with E-state index in [4.69, 9.17) is 10.2 Å².